The highest BCUT2D eigenvalue weighted by Crippen LogP contribution is 2.28. The van der Waals surface area contributed by atoms with Gasteiger partial charge in [0.2, 0.25) is 11.8 Å². The molecule has 1 aromatic rings. The summed E-state index contributed by atoms with van der Waals surface area (Å²) in [6, 6.07) is 3.49. The van der Waals surface area contributed by atoms with Gasteiger partial charge in [-0.15, -0.1) is 0 Å². The van der Waals surface area contributed by atoms with Crippen LogP contribution in [0.1, 0.15) is 27.2 Å². The Morgan fingerprint density at radius 3 is 2.57 bits per heavy atom. The van der Waals surface area contributed by atoms with E-state index in [0.29, 0.717) is 5.69 Å². The molecule has 0 radical (unpaired) electrons. The zero-order valence-electron chi connectivity index (χ0n) is 12.2. The molecule has 0 spiro atoms. The van der Waals surface area contributed by atoms with Crippen LogP contribution in [0.25, 0.3) is 0 Å². The van der Waals surface area contributed by atoms with E-state index in [1.807, 2.05) is 20.8 Å². The van der Waals surface area contributed by atoms with Crippen LogP contribution >= 0.6 is 11.6 Å². The zero-order chi connectivity index (χ0) is 15.8. The molecule has 1 saturated heterocycles. The van der Waals surface area contributed by atoms with Gasteiger partial charge in [0, 0.05) is 18.7 Å². The van der Waals surface area contributed by atoms with Gasteiger partial charge in [-0.05, 0) is 23.6 Å². The average Bonchev–Trinajstić information content (AvgIpc) is 2.52. The smallest absolute Gasteiger partial charge is 0.250 e. The van der Waals surface area contributed by atoms with Gasteiger partial charge in [0.15, 0.2) is 0 Å². The second-order valence-corrected chi connectivity index (χ2v) is 6.61. The van der Waals surface area contributed by atoms with Gasteiger partial charge >= 0.3 is 0 Å². The number of hydrogen-bond donors (Lipinski definition) is 1. The molecule has 2 amide bonds. The number of anilines is 1. The van der Waals surface area contributed by atoms with Crippen LogP contribution in [0.15, 0.2) is 18.2 Å². The lowest BCUT2D eigenvalue weighted by Gasteiger charge is -2.32. The highest BCUT2D eigenvalue weighted by atomic mass is 35.5. The number of amides is 2. The first-order valence-electron chi connectivity index (χ1n) is 6.76. The first-order chi connectivity index (χ1) is 9.70. The monoisotopic (exact) mass is 312 g/mol. The summed E-state index contributed by atoms with van der Waals surface area (Å²) in [5, 5.41) is 2.71. The van der Waals surface area contributed by atoms with E-state index >= 15 is 0 Å². The Hall–Kier alpha value is -1.62. The largest absolute Gasteiger partial charge is 0.344 e. The fraction of sp³-hybridized carbons (Fsp3) is 0.467. The predicted molar refractivity (Wildman–Crippen MR) is 79.8 cm³/mol. The molecular formula is C15H18ClFN2O2. The second kappa shape index (κ2) is 5.64. The Morgan fingerprint density at radius 1 is 1.33 bits per heavy atom. The Labute approximate surface area is 128 Å². The third kappa shape index (κ3) is 3.35. The van der Waals surface area contributed by atoms with Crippen LogP contribution in [0.4, 0.5) is 10.1 Å². The van der Waals surface area contributed by atoms with Crippen molar-refractivity contribution in [2.75, 3.05) is 11.4 Å². The molecule has 1 aromatic carbocycles. The summed E-state index contributed by atoms with van der Waals surface area (Å²) in [5.74, 6) is -0.917. The quantitative estimate of drug-likeness (QED) is 0.867. The van der Waals surface area contributed by atoms with Crippen LogP contribution in [-0.2, 0) is 9.59 Å². The van der Waals surface area contributed by atoms with Crippen molar-refractivity contribution in [2.45, 2.75) is 33.2 Å². The van der Waals surface area contributed by atoms with Crippen molar-refractivity contribution in [1.29, 1.82) is 0 Å². The lowest BCUT2D eigenvalue weighted by Crippen LogP contribution is -2.52. The van der Waals surface area contributed by atoms with Crippen molar-refractivity contribution in [1.82, 2.24) is 5.32 Å². The molecule has 0 bridgehead atoms. The Bertz CT molecular complexity index is 584. The van der Waals surface area contributed by atoms with Gasteiger partial charge in [-0.2, -0.15) is 0 Å². The molecule has 1 fully saturated rings. The molecule has 0 aromatic heterocycles. The SMILES string of the molecule is CC(C)(C)C1NC(=O)CCN(c2ccc(F)c(Cl)c2)C1=O. The van der Waals surface area contributed by atoms with E-state index in [0.717, 1.165) is 0 Å². The summed E-state index contributed by atoms with van der Waals surface area (Å²) >= 11 is 5.78. The number of nitrogens with one attached hydrogen (secondary N) is 1. The third-order valence-corrected chi connectivity index (χ3v) is 3.75. The van der Waals surface area contributed by atoms with E-state index in [2.05, 4.69) is 5.32 Å². The summed E-state index contributed by atoms with van der Waals surface area (Å²) in [6.45, 7) is 5.91. The number of rotatable bonds is 1. The summed E-state index contributed by atoms with van der Waals surface area (Å²) in [4.78, 5) is 26.0. The van der Waals surface area contributed by atoms with Crippen LogP contribution in [-0.4, -0.2) is 24.4 Å². The van der Waals surface area contributed by atoms with Crippen molar-refractivity contribution in [3.8, 4) is 0 Å². The van der Waals surface area contributed by atoms with Gasteiger partial charge in [-0.25, -0.2) is 4.39 Å². The van der Waals surface area contributed by atoms with Crippen molar-refractivity contribution >= 4 is 29.1 Å². The van der Waals surface area contributed by atoms with Gasteiger partial charge in [-0.1, -0.05) is 32.4 Å². The van der Waals surface area contributed by atoms with Gasteiger partial charge < -0.3 is 10.2 Å². The molecule has 6 heteroatoms. The number of halogens is 2. The standard InChI is InChI=1S/C15H18ClFN2O2/c1-15(2,3)13-14(21)19(7-6-12(20)18-13)9-4-5-11(17)10(16)8-9/h4-5,8,13H,6-7H2,1-3H3,(H,18,20). The first kappa shape index (κ1) is 15.8. The fourth-order valence-corrected chi connectivity index (χ4v) is 2.45. The fourth-order valence-electron chi connectivity index (χ4n) is 2.27. The molecule has 0 aliphatic carbocycles. The Morgan fingerprint density at radius 2 is 2.00 bits per heavy atom. The molecule has 2 rings (SSSR count). The lowest BCUT2D eigenvalue weighted by atomic mass is 9.86. The molecule has 114 valence electrons. The minimum absolute atomic E-state index is 0.0452. The molecule has 1 aliphatic heterocycles. The van der Waals surface area contributed by atoms with Crippen molar-refractivity contribution in [3.05, 3.63) is 29.0 Å². The Balaban J connectivity index is 2.39. The zero-order valence-corrected chi connectivity index (χ0v) is 13.0. The molecule has 1 unspecified atom stereocenters. The lowest BCUT2D eigenvalue weighted by molar-refractivity contribution is -0.127. The molecule has 1 atom stereocenters. The van der Waals surface area contributed by atoms with Crippen LogP contribution in [0.3, 0.4) is 0 Å². The van der Waals surface area contributed by atoms with E-state index in [1.54, 1.807) is 0 Å². The maximum atomic E-state index is 13.3. The van der Waals surface area contributed by atoms with Gasteiger partial charge in [0.25, 0.3) is 0 Å². The van der Waals surface area contributed by atoms with E-state index in [-0.39, 0.29) is 29.8 Å². The molecule has 21 heavy (non-hydrogen) atoms. The molecule has 1 heterocycles. The molecular weight excluding hydrogens is 295 g/mol. The minimum Gasteiger partial charge on any atom is -0.344 e. The average molecular weight is 313 g/mol. The van der Waals surface area contributed by atoms with Crippen LogP contribution < -0.4 is 10.2 Å². The van der Waals surface area contributed by atoms with Gasteiger partial charge in [0.05, 0.1) is 5.02 Å². The maximum Gasteiger partial charge on any atom is 0.250 e. The van der Waals surface area contributed by atoms with Crippen molar-refractivity contribution < 1.29 is 14.0 Å². The summed E-state index contributed by atoms with van der Waals surface area (Å²) < 4.78 is 13.3. The summed E-state index contributed by atoms with van der Waals surface area (Å²) in [7, 11) is 0. The van der Waals surface area contributed by atoms with E-state index < -0.39 is 17.3 Å². The van der Waals surface area contributed by atoms with Crippen LogP contribution in [0.5, 0.6) is 0 Å². The summed E-state index contributed by atoms with van der Waals surface area (Å²) in [5.41, 5.74) is 0.0799. The molecule has 4 nitrogen and oxygen atoms in total. The predicted octanol–water partition coefficient (Wildman–Crippen LogP) is 2.75. The van der Waals surface area contributed by atoms with Crippen LogP contribution in [0.2, 0.25) is 5.02 Å². The topological polar surface area (TPSA) is 49.4 Å². The second-order valence-electron chi connectivity index (χ2n) is 6.20. The molecule has 1 N–H and O–H groups in total. The van der Waals surface area contributed by atoms with Crippen molar-refractivity contribution in [2.24, 2.45) is 5.41 Å². The van der Waals surface area contributed by atoms with Gasteiger partial charge in [-0.3, -0.25) is 9.59 Å². The Kier molecular flexibility index (Phi) is 4.23. The third-order valence-electron chi connectivity index (χ3n) is 3.46. The first-order valence-corrected chi connectivity index (χ1v) is 7.14. The van der Waals surface area contributed by atoms with E-state index in [9.17, 15) is 14.0 Å². The summed E-state index contributed by atoms with van der Waals surface area (Å²) in [6.07, 6.45) is 0.202. The van der Waals surface area contributed by atoms with E-state index in [1.165, 1.54) is 23.1 Å². The number of carbonyl (C=O) groups is 2. The minimum atomic E-state index is -0.628. The van der Waals surface area contributed by atoms with Crippen LogP contribution in [0, 0.1) is 11.2 Å². The normalized spacial score (nSPS) is 20.2. The number of benzene rings is 1. The van der Waals surface area contributed by atoms with Crippen molar-refractivity contribution in [3.63, 3.8) is 0 Å². The highest BCUT2D eigenvalue weighted by molar-refractivity contribution is 6.31. The number of nitrogens with zero attached hydrogens (tertiary/aromatic N) is 1. The van der Waals surface area contributed by atoms with E-state index in [4.69, 9.17) is 11.6 Å². The molecule has 0 saturated carbocycles. The maximum absolute atomic E-state index is 13.3. The molecule has 1 aliphatic rings. The highest BCUT2D eigenvalue weighted by Gasteiger charge is 2.38. The number of carbonyl (C=O) groups excluding carboxylic acids is 2. The van der Waals surface area contributed by atoms with Gasteiger partial charge in [0.1, 0.15) is 11.9 Å². The number of hydrogen-bond acceptors (Lipinski definition) is 2.